The van der Waals surface area contributed by atoms with E-state index in [0.29, 0.717) is 37.2 Å². The minimum absolute atomic E-state index is 0. The van der Waals surface area contributed by atoms with E-state index in [1.807, 2.05) is 0 Å². The van der Waals surface area contributed by atoms with Gasteiger partial charge in [-0.05, 0) is 67.6 Å². The van der Waals surface area contributed by atoms with Crippen LogP contribution in [0.15, 0.2) is 24.3 Å². The molecule has 1 amide bonds. The molecule has 0 spiro atoms. The number of hydrogen-bond donors (Lipinski definition) is 1. The smallest absolute Gasteiger partial charge is 0.422 e. The van der Waals surface area contributed by atoms with Crippen LogP contribution in [-0.2, 0) is 36.2 Å². The summed E-state index contributed by atoms with van der Waals surface area (Å²) in [5, 5.41) is 2.93. The Balaban J connectivity index is 0.000000338. The van der Waals surface area contributed by atoms with Crippen molar-refractivity contribution in [3.05, 3.63) is 69.8 Å². The van der Waals surface area contributed by atoms with Crippen LogP contribution in [0, 0.1) is 35.1 Å². The Morgan fingerprint density at radius 3 is 1.53 bits per heavy atom. The zero-order valence-corrected chi connectivity index (χ0v) is 26.8. The first-order valence-electron chi connectivity index (χ1n) is 14.2. The van der Waals surface area contributed by atoms with Gasteiger partial charge in [0, 0.05) is 12.6 Å². The van der Waals surface area contributed by atoms with E-state index in [2.05, 4.69) is 19.5 Å². The van der Waals surface area contributed by atoms with Crippen molar-refractivity contribution >= 4 is 30.4 Å². The van der Waals surface area contributed by atoms with E-state index in [9.17, 15) is 58.3 Å². The summed E-state index contributed by atoms with van der Waals surface area (Å²) in [6.45, 7) is 0.413. The molecule has 0 radical (unpaired) electrons. The molecule has 2 aliphatic heterocycles. The summed E-state index contributed by atoms with van der Waals surface area (Å²) < 4.78 is 145. The number of likely N-dealkylation sites (tertiary alicyclic amines) is 1. The number of halogens is 11. The van der Waals surface area contributed by atoms with E-state index >= 15 is 0 Å². The molecule has 19 heteroatoms. The minimum Gasteiger partial charge on any atom is -0.469 e. The summed E-state index contributed by atoms with van der Waals surface area (Å²) in [5.74, 6) is -9.06. The molecular formula is C30H31ClF10N2O6. The lowest BCUT2D eigenvalue weighted by molar-refractivity contribution is -0.148. The molecule has 2 saturated heterocycles. The second-order valence-electron chi connectivity index (χ2n) is 10.9. The Labute approximate surface area is 279 Å². The average molecular weight is 741 g/mol. The Hall–Kier alpha value is -3.80. The van der Waals surface area contributed by atoms with Crippen LogP contribution in [0.1, 0.15) is 60.0 Å². The van der Waals surface area contributed by atoms with Crippen molar-refractivity contribution in [2.24, 2.45) is 11.8 Å². The van der Waals surface area contributed by atoms with Crippen LogP contribution in [-0.4, -0.2) is 57.4 Å². The number of carbonyl (C=O) groups is 3. The molecule has 2 fully saturated rings. The summed E-state index contributed by atoms with van der Waals surface area (Å²) in [6, 6.07) is 0.709. The van der Waals surface area contributed by atoms with Crippen molar-refractivity contribution < 1.29 is 72.5 Å². The van der Waals surface area contributed by atoms with Gasteiger partial charge < -0.3 is 24.4 Å². The number of hydrogen-bond acceptors (Lipinski definition) is 7. The maximum absolute atomic E-state index is 13.9. The van der Waals surface area contributed by atoms with Crippen LogP contribution in [0.2, 0.25) is 0 Å². The van der Waals surface area contributed by atoms with Gasteiger partial charge in [-0.25, -0.2) is 22.4 Å². The molecule has 0 bridgehead atoms. The first-order chi connectivity index (χ1) is 22.3. The molecule has 49 heavy (non-hydrogen) atoms. The SMILES string of the molecule is COC(=O)C1CCN(C(=O)OC)C(c2cc(F)c(C(F)(F)F)c(F)c2)C1.COC(=O)C1CCNC(c2cc(F)c(C(F)(F)F)c(F)c2)C1.Cl. The van der Waals surface area contributed by atoms with Gasteiger partial charge in [0.15, 0.2) is 0 Å². The van der Waals surface area contributed by atoms with Gasteiger partial charge in [-0.2, -0.15) is 26.3 Å². The van der Waals surface area contributed by atoms with E-state index in [-0.39, 0.29) is 49.3 Å². The lowest BCUT2D eigenvalue weighted by Gasteiger charge is -2.38. The summed E-state index contributed by atoms with van der Waals surface area (Å²) in [7, 11) is 3.50. The van der Waals surface area contributed by atoms with Crippen molar-refractivity contribution in [1.82, 2.24) is 10.2 Å². The topological polar surface area (TPSA) is 94.2 Å². The molecule has 274 valence electrons. The van der Waals surface area contributed by atoms with E-state index in [0.717, 1.165) is 12.0 Å². The average Bonchev–Trinajstić information content (AvgIpc) is 3.01. The summed E-state index contributed by atoms with van der Waals surface area (Å²) in [5.41, 5.74) is -4.08. The fourth-order valence-electron chi connectivity index (χ4n) is 5.67. The third-order valence-electron chi connectivity index (χ3n) is 7.97. The van der Waals surface area contributed by atoms with Crippen molar-refractivity contribution in [3.8, 4) is 0 Å². The van der Waals surface area contributed by atoms with Crippen LogP contribution in [0.5, 0.6) is 0 Å². The van der Waals surface area contributed by atoms with Gasteiger partial charge in [0.25, 0.3) is 0 Å². The largest absolute Gasteiger partial charge is 0.469 e. The molecule has 0 saturated carbocycles. The normalized spacial score (nSPS) is 21.0. The lowest BCUT2D eigenvalue weighted by atomic mass is 9.87. The Bertz CT molecular complexity index is 1460. The second-order valence-corrected chi connectivity index (χ2v) is 10.9. The number of ether oxygens (including phenoxy) is 3. The molecule has 2 aliphatic rings. The summed E-state index contributed by atoms with van der Waals surface area (Å²) >= 11 is 0. The molecule has 1 N–H and O–H groups in total. The number of benzene rings is 2. The first-order valence-corrected chi connectivity index (χ1v) is 14.2. The number of methoxy groups -OCH3 is 3. The molecule has 4 unspecified atom stereocenters. The number of nitrogens with zero attached hydrogens (tertiary/aromatic N) is 1. The van der Waals surface area contributed by atoms with Crippen LogP contribution >= 0.6 is 12.4 Å². The van der Waals surface area contributed by atoms with Crippen LogP contribution in [0.4, 0.5) is 48.7 Å². The molecule has 0 aromatic heterocycles. The molecular weight excluding hydrogens is 710 g/mol. The Kier molecular flexibility index (Phi) is 14.1. The monoisotopic (exact) mass is 740 g/mol. The summed E-state index contributed by atoms with van der Waals surface area (Å²) in [4.78, 5) is 36.3. The molecule has 2 aromatic rings. The fraction of sp³-hybridized carbons (Fsp3) is 0.500. The zero-order chi connectivity index (χ0) is 36.1. The van der Waals surface area contributed by atoms with Crippen molar-refractivity contribution in [1.29, 1.82) is 0 Å². The van der Waals surface area contributed by atoms with Crippen molar-refractivity contribution in [3.63, 3.8) is 0 Å². The quantitative estimate of drug-likeness (QED) is 0.200. The predicted molar refractivity (Wildman–Crippen MR) is 152 cm³/mol. The Morgan fingerprint density at radius 2 is 1.12 bits per heavy atom. The van der Waals surface area contributed by atoms with Crippen LogP contribution in [0.3, 0.4) is 0 Å². The van der Waals surface area contributed by atoms with Crippen LogP contribution < -0.4 is 5.32 Å². The number of rotatable bonds is 4. The highest BCUT2D eigenvalue weighted by Crippen LogP contribution is 2.40. The highest BCUT2D eigenvalue weighted by molar-refractivity contribution is 5.85. The van der Waals surface area contributed by atoms with E-state index in [1.54, 1.807) is 0 Å². The number of alkyl halides is 6. The van der Waals surface area contributed by atoms with Crippen molar-refractivity contribution in [2.45, 2.75) is 50.1 Å². The maximum Gasteiger partial charge on any atom is 0.422 e. The third-order valence-corrected chi connectivity index (χ3v) is 7.97. The second kappa shape index (κ2) is 16.7. The molecule has 2 aromatic carbocycles. The maximum atomic E-state index is 13.9. The number of esters is 2. The minimum atomic E-state index is -5.20. The molecule has 0 aliphatic carbocycles. The van der Waals surface area contributed by atoms with Gasteiger partial charge in [-0.15, -0.1) is 12.4 Å². The van der Waals surface area contributed by atoms with Gasteiger partial charge >= 0.3 is 30.4 Å². The highest BCUT2D eigenvalue weighted by atomic mass is 35.5. The fourth-order valence-corrected chi connectivity index (χ4v) is 5.67. The first kappa shape index (κ1) is 41.4. The van der Waals surface area contributed by atoms with E-state index in [1.165, 1.54) is 14.2 Å². The third kappa shape index (κ3) is 9.89. The zero-order valence-electron chi connectivity index (χ0n) is 25.9. The number of carbonyl (C=O) groups excluding carboxylic acids is 3. The number of amides is 1. The van der Waals surface area contributed by atoms with Gasteiger partial charge in [0.05, 0.1) is 39.2 Å². The molecule has 2 heterocycles. The van der Waals surface area contributed by atoms with E-state index < -0.39 is 88.7 Å². The van der Waals surface area contributed by atoms with Gasteiger partial charge in [0.2, 0.25) is 0 Å². The van der Waals surface area contributed by atoms with Gasteiger partial charge in [0.1, 0.15) is 34.4 Å². The van der Waals surface area contributed by atoms with Crippen molar-refractivity contribution in [2.75, 3.05) is 34.4 Å². The Morgan fingerprint density at radius 1 is 0.694 bits per heavy atom. The molecule has 4 rings (SSSR count). The highest BCUT2D eigenvalue weighted by Gasteiger charge is 2.42. The van der Waals surface area contributed by atoms with Gasteiger partial charge in [-0.3, -0.25) is 9.59 Å². The number of piperidine rings is 2. The van der Waals surface area contributed by atoms with Gasteiger partial charge in [-0.1, -0.05) is 0 Å². The van der Waals surface area contributed by atoms with E-state index in [4.69, 9.17) is 0 Å². The predicted octanol–water partition coefficient (Wildman–Crippen LogP) is 7.30. The standard InChI is InChI=1S/C16H16F5NO4.C14H14F5NO2.ClH/c1-25-14(23)8-3-4-22(15(24)26-2)12(7-8)9-5-10(17)13(11(18)6-9)16(19,20)21;1-22-13(21)7-2-3-20-11(6-7)8-4-9(15)12(10(16)5-8)14(17,18)19;/h5-6,8,12H,3-4,7H2,1-2H3;4-5,7,11,20H,2-3,6H2,1H3;1H. The summed E-state index contributed by atoms with van der Waals surface area (Å²) in [6.07, 6.45) is -10.3. The van der Waals surface area contributed by atoms with Crippen LogP contribution in [0.25, 0.3) is 0 Å². The number of nitrogens with one attached hydrogen (secondary N) is 1. The molecule has 8 nitrogen and oxygen atoms in total. The lowest BCUT2D eigenvalue weighted by Crippen LogP contribution is -2.43. The molecule has 4 atom stereocenters.